The van der Waals surface area contributed by atoms with E-state index in [1.807, 2.05) is 6.21 Å². The number of oxime groups is 1. The van der Waals surface area contributed by atoms with E-state index >= 15 is 0 Å². The van der Waals surface area contributed by atoms with E-state index in [1.165, 1.54) is 6.42 Å². The molecule has 0 bridgehead atoms. The van der Waals surface area contributed by atoms with Gasteiger partial charge >= 0.3 is 0 Å². The van der Waals surface area contributed by atoms with Crippen LogP contribution in [-0.4, -0.2) is 41.8 Å². The van der Waals surface area contributed by atoms with Gasteiger partial charge in [-0.3, -0.25) is 0 Å². The predicted octanol–water partition coefficient (Wildman–Crippen LogP) is 2.94. The number of nitrogens with two attached hydrogens (primary N) is 1. The van der Waals surface area contributed by atoms with Crippen molar-refractivity contribution in [3.8, 4) is 0 Å². The lowest BCUT2D eigenvalue weighted by molar-refractivity contribution is -0.165. The van der Waals surface area contributed by atoms with Crippen LogP contribution in [0.25, 0.3) is 0 Å². The molecular weight excluding hydrogens is 340 g/mol. The van der Waals surface area contributed by atoms with Gasteiger partial charge < -0.3 is 20.8 Å². The summed E-state index contributed by atoms with van der Waals surface area (Å²) in [6.45, 7) is 5.70. The average molecular weight is 379 g/mol. The van der Waals surface area contributed by atoms with Gasteiger partial charge in [0.15, 0.2) is 0 Å². The third kappa shape index (κ3) is 3.14. The molecule has 27 heavy (non-hydrogen) atoms. The van der Waals surface area contributed by atoms with Gasteiger partial charge in [0, 0.05) is 12.8 Å². The monoisotopic (exact) mass is 378 g/mol. The molecule has 5 nitrogen and oxygen atoms in total. The Kier molecular flexibility index (Phi) is 5.32. The molecule has 9 atom stereocenters. The first kappa shape index (κ1) is 19.7. The van der Waals surface area contributed by atoms with Crippen molar-refractivity contribution in [1.82, 2.24) is 0 Å². The number of fused-ring (bicyclic) bond motifs is 5. The molecule has 4 rings (SSSR count). The Morgan fingerprint density at radius 3 is 2.52 bits per heavy atom. The lowest BCUT2D eigenvalue weighted by Crippen LogP contribution is -2.58. The summed E-state index contributed by atoms with van der Waals surface area (Å²) in [5.41, 5.74) is 5.74. The molecule has 0 spiro atoms. The second-order valence-corrected chi connectivity index (χ2v) is 10.3. The first-order valence-corrected chi connectivity index (χ1v) is 11.1. The standard InChI is InChI=1S/C22H38N2O3/c1-21-7-5-14(13-24-27-10-9-23)11-18(21)19(25)12-15-16-3-4-20(26)22(16,2)8-6-17(15)21/h13-20,25-26H,3-12,23H2,1-2H3/b24-13-/t14-,15?,16?,17?,18+,19-,20-,21+,22-/m0/s1. The van der Waals surface area contributed by atoms with E-state index in [4.69, 9.17) is 10.6 Å². The molecule has 0 aliphatic heterocycles. The third-order valence-electron chi connectivity index (χ3n) is 9.23. The zero-order valence-electron chi connectivity index (χ0n) is 17.0. The molecule has 0 radical (unpaired) electrons. The van der Waals surface area contributed by atoms with Gasteiger partial charge in [-0.05, 0) is 91.8 Å². The van der Waals surface area contributed by atoms with Crippen LogP contribution in [0, 0.1) is 40.4 Å². The number of hydrogen-bond acceptors (Lipinski definition) is 5. The summed E-state index contributed by atoms with van der Waals surface area (Å²) in [7, 11) is 0. The highest BCUT2D eigenvalue weighted by Gasteiger charge is 2.61. The zero-order valence-corrected chi connectivity index (χ0v) is 17.0. The Morgan fingerprint density at radius 1 is 1.00 bits per heavy atom. The van der Waals surface area contributed by atoms with Gasteiger partial charge in [0.1, 0.15) is 6.61 Å². The van der Waals surface area contributed by atoms with Crippen LogP contribution in [0.15, 0.2) is 5.16 Å². The average Bonchev–Trinajstić information content (AvgIpc) is 2.95. The van der Waals surface area contributed by atoms with Crippen LogP contribution in [0.3, 0.4) is 0 Å². The van der Waals surface area contributed by atoms with E-state index in [-0.39, 0.29) is 23.0 Å². The molecule has 4 aliphatic rings. The van der Waals surface area contributed by atoms with E-state index in [2.05, 4.69) is 19.0 Å². The lowest BCUT2D eigenvalue weighted by Gasteiger charge is -2.62. The highest BCUT2D eigenvalue weighted by molar-refractivity contribution is 5.60. The minimum atomic E-state index is -0.225. The topological polar surface area (TPSA) is 88.1 Å². The zero-order chi connectivity index (χ0) is 19.2. The fraction of sp³-hybridized carbons (Fsp3) is 0.955. The van der Waals surface area contributed by atoms with Gasteiger partial charge in [0.25, 0.3) is 0 Å². The van der Waals surface area contributed by atoms with Crippen LogP contribution in [0.5, 0.6) is 0 Å². The van der Waals surface area contributed by atoms with Crippen LogP contribution in [0.4, 0.5) is 0 Å². The maximum Gasteiger partial charge on any atom is 0.129 e. The lowest BCUT2D eigenvalue weighted by atomic mass is 9.44. The van der Waals surface area contributed by atoms with E-state index in [0.717, 1.165) is 44.9 Å². The van der Waals surface area contributed by atoms with Gasteiger partial charge in [-0.15, -0.1) is 0 Å². The highest BCUT2D eigenvalue weighted by atomic mass is 16.6. The maximum atomic E-state index is 11.2. The summed E-state index contributed by atoms with van der Waals surface area (Å²) in [5.74, 6) is 2.61. The SMILES string of the molecule is C[C@]12CCC3C(C[C@H](O)[C@H]4C[C@@H](/C=N\OCCN)CC[C@]34C)C1CC[C@@H]2O. The van der Waals surface area contributed by atoms with Gasteiger partial charge in [-0.1, -0.05) is 19.0 Å². The van der Waals surface area contributed by atoms with E-state index < -0.39 is 0 Å². The molecule has 0 amide bonds. The summed E-state index contributed by atoms with van der Waals surface area (Å²) >= 11 is 0. The van der Waals surface area contributed by atoms with Crippen LogP contribution in [0.1, 0.15) is 65.2 Å². The van der Waals surface area contributed by atoms with E-state index in [0.29, 0.717) is 42.7 Å². The van der Waals surface area contributed by atoms with E-state index in [1.54, 1.807) is 0 Å². The summed E-state index contributed by atoms with van der Waals surface area (Å²) in [6, 6.07) is 0. The molecule has 0 aromatic heterocycles. The molecule has 4 N–H and O–H groups in total. The normalized spacial score (nSPS) is 52.3. The minimum absolute atomic E-state index is 0.0777. The smallest absolute Gasteiger partial charge is 0.129 e. The van der Waals surface area contributed by atoms with E-state index in [9.17, 15) is 10.2 Å². The first-order valence-electron chi connectivity index (χ1n) is 11.1. The molecule has 4 saturated carbocycles. The molecule has 4 aliphatic carbocycles. The molecule has 0 aromatic rings. The fourth-order valence-corrected chi connectivity index (χ4v) is 7.67. The number of nitrogens with zero attached hydrogens (tertiary/aromatic N) is 1. The van der Waals surface area contributed by atoms with Crippen molar-refractivity contribution in [3.63, 3.8) is 0 Å². The summed E-state index contributed by atoms with van der Waals surface area (Å²) in [5, 5.41) is 25.8. The Morgan fingerprint density at radius 2 is 1.74 bits per heavy atom. The Balaban J connectivity index is 1.50. The quantitative estimate of drug-likeness (QED) is 0.399. The van der Waals surface area contributed by atoms with Crippen molar-refractivity contribution in [1.29, 1.82) is 0 Å². The fourth-order valence-electron chi connectivity index (χ4n) is 7.67. The van der Waals surface area contributed by atoms with Gasteiger partial charge in [-0.25, -0.2) is 0 Å². The molecule has 5 heteroatoms. The number of aliphatic hydroxyl groups is 2. The van der Waals surface area contributed by atoms with Crippen LogP contribution < -0.4 is 5.73 Å². The molecular formula is C22H38N2O3. The van der Waals surface area contributed by atoms with Crippen LogP contribution >= 0.6 is 0 Å². The predicted molar refractivity (Wildman–Crippen MR) is 106 cm³/mol. The van der Waals surface area contributed by atoms with Gasteiger partial charge in [0.2, 0.25) is 0 Å². The van der Waals surface area contributed by atoms with Crippen molar-refractivity contribution < 1.29 is 15.1 Å². The molecule has 0 saturated heterocycles. The summed E-state index contributed by atoms with van der Waals surface area (Å²) < 4.78 is 0. The molecule has 4 fully saturated rings. The van der Waals surface area contributed by atoms with Crippen molar-refractivity contribution in [2.45, 2.75) is 77.4 Å². The molecule has 0 aromatic carbocycles. The van der Waals surface area contributed by atoms with Crippen molar-refractivity contribution in [3.05, 3.63) is 0 Å². The molecule has 154 valence electrons. The number of aliphatic hydroxyl groups excluding tert-OH is 2. The van der Waals surface area contributed by atoms with Crippen molar-refractivity contribution in [2.75, 3.05) is 13.2 Å². The Labute approximate surface area is 163 Å². The summed E-state index contributed by atoms with van der Waals surface area (Å²) in [6.07, 6.45) is 10.2. The summed E-state index contributed by atoms with van der Waals surface area (Å²) in [4.78, 5) is 5.19. The number of hydrogen-bond donors (Lipinski definition) is 3. The molecule has 3 unspecified atom stereocenters. The third-order valence-corrected chi connectivity index (χ3v) is 9.23. The van der Waals surface area contributed by atoms with Gasteiger partial charge in [0.05, 0.1) is 12.2 Å². The maximum absolute atomic E-state index is 11.2. The van der Waals surface area contributed by atoms with Crippen LogP contribution in [0.2, 0.25) is 0 Å². The first-order chi connectivity index (χ1) is 12.9. The Bertz CT molecular complexity index is 570. The van der Waals surface area contributed by atoms with Crippen molar-refractivity contribution >= 4 is 6.21 Å². The Hall–Kier alpha value is -0.650. The second kappa shape index (κ2) is 7.31. The van der Waals surface area contributed by atoms with Gasteiger partial charge in [-0.2, -0.15) is 0 Å². The second-order valence-electron chi connectivity index (χ2n) is 10.3. The highest BCUT2D eigenvalue weighted by Crippen LogP contribution is 2.66. The molecule has 0 heterocycles. The largest absolute Gasteiger partial charge is 0.395 e. The van der Waals surface area contributed by atoms with Crippen molar-refractivity contribution in [2.24, 2.45) is 51.3 Å². The van der Waals surface area contributed by atoms with Crippen LogP contribution in [-0.2, 0) is 4.84 Å². The number of rotatable bonds is 4. The minimum Gasteiger partial charge on any atom is -0.395 e.